The summed E-state index contributed by atoms with van der Waals surface area (Å²) in [6, 6.07) is 0. The zero-order valence-electron chi connectivity index (χ0n) is 31.7. The molecule has 0 radical (unpaired) electrons. The summed E-state index contributed by atoms with van der Waals surface area (Å²) in [7, 11) is 1.35. The third kappa shape index (κ3) is 6.61. The molecule has 14 heteroatoms. The van der Waals surface area contributed by atoms with Crippen LogP contribution < -0.4 is 0 Å². The van der Waals surface area contributed by atoms with Gasteiger partial charge < -0.3 is 69.6 Å². The van der Waals surface area contributed by atoms with Gasteiger partial charge in [-0.25, -0.2) is 0 Å². The van der Waals surface area contributed by atoms with Crippen molar-refractivity contribution in [3.63, 3.8) is 0 Å². The summed E-state index contributed by atoms with van der Waals surface area (Å²) in [6.07, 6.45) is -7.77. The molecule has 52 heavy (non-hydrogen) atoms. The molecule has 2 aliphatic heterocycles. The lowest BCUT2D eigenvalue weighted by molar-refractivity contribution is -0.315. The van der Waals surface area contributed by atoms with E-state index in [2.05, 4.69) is 13.8 Å². The van der Waals surface area contributed by atoms with E-state index in [1.54, 1.807) is 0 Å². The lowest BCUT2D eigenvalue weighted by Crippen LogP contribution is -2.75. The van der Waals surface area contributed by atoms with Crippen LogP contribution in [-0.2, 0) is 23.7 Å². The van der Waals surface area contributed by atoms with Crippen LogP contribution in [0.25, 0.3) is 0 Å². The Morgan fingerprint density at radius 3 is 2.21 bits per heavy atom. The summed E-state index contributed by atoms with van der Waals surface area (Å²) in [6.45, 7) is 9.67. The predicted molar refractivity (Wildman–Crippen MR) is 184 cm³/mol. The molecule has 20 atom stereocenters. The first-order chi connectivity index (χ1) is 24.4. The van der Waals surface area contributed by atoms with Crippen LogP contribution in [0.3, 0.4) is 0 Å². The highest BCUT2D eigenvalue weighted by Gasteiger charge is 2.74. The Balaban J connectivity index is 1.14. The molecule has 302 valence electrons. The minimum Gasteiger partial charge on any atom is -0.394 e. The van der Waals surface area contributed by atoms with Crippen molar-refractivity contribution in [2.24, 2.45) is 40.4 Å². The van der Waals surface area contributed by atoms with Crippen molar-refractivity contribution >= 4 is 0 Å². The van der Waals surface area contributed by atoms with Crippen molar-refractivity contribution in [3.05, 3.63) is 0 Å². The minimum absolute atomic E-state index is 0.0299. The summed E-state index contributed by atoms with van der Waals surface area (Å²) in [5.41, 5.74) is -4.09. The van der Waals surface area contributed by atoms with Gasteiger partial charge in [0.15, 0.2) is 12.6 Å². The van der Waals surface area contributed by atoms with E-state index < -0.39 is 102 Å². The van der Waals surface area contributed by atoms with Crippen molar-refractivity contribution in [1.29, 1.82) is 0 Å². The van der Waals surface area contributed by atoms with Gasteiger partial charge in [0.1, 0.15) is 36.6 Å². The number of hydrogen-bond donors (Lipinski definition) is 9. The molecular weight excluding hydrogens is 680 g/mol. The van der Waals surface area contributed by atoms with Crippen LogP contribution in [0.5, 0.6) is 0 Å². The standard InChI is InChI=1S/C38H66O14/c1-18(2)24(50-34-31(29(45)25(16-39)51-34)52-33-30(48-6)28(44)23(42)17-49-33)8-7-19(3)21-13-22(41)32-35(21,4)11-10-26-36(5)12-9-20(40)14-38(36,47)27(43)15-37(26,32)46/h18-34,39-47H,7-17H2,1-6H3/t19-,20+,21-,22+,23-,24+,25-,26-,27-,28+,29-,30-,31+,32-,33+,34+,35-,36-,37+,38+/m1/s1. The Bertz CT molecular complexity index is 1230. The fourth-order valence-electron chi connectivity index (χ4n) is 12.1. The quantitative estimate of drug-likeness (QED) is 0.138. The van der Waals surface area contributed by atoms with Gasteiger partial charge >= 0.3 is 0 Å². The number of fused-ring (bicyclic) bond motifs is 5. The summed E-state index contributed by atoms with van der Waals surface area (Å²) in [5.74, 6) is -0.584. The zero-order valence-corrected chi connectivity index (χ0v) is 31.7. The van der Waals surface area contributed by atoms with Gasteiger partial charge in [0.05, 0.1) is 48.8 Å². The molecule has 14 nitrogen and oxygen atoms in total. The Morgan fingerprint density at radius 2 is 1.56 bits per heavy atom. The maximum absolute atomic E-state index is 12.6. The van der Waals surface area contributed by atoms with E-state index >= 15 is 0 Å². The highest BCUT2D eigenvalue weighted by molar-refractivity contribution is 5.24. The number of hydrogen-bond acceptors (Lipinski definition) is 14. The molecule has 0 aromatic carbocycles. The smallest absolute Gasteiger partial charge is 0.187 e. The molecular formula is C38H66O14. The highest BCUT2D eigenvalue weighted by atomic mass is 16.8. The van der Waals surface area contributed by atoms with Gasteiger partial charge in [-0.15, -0.1) is 0 Å². The Hall–Kier alpha value is -0.560. The average molecular weight is 747 g/mol. The van der Waals surface area contributed by atoms with E-state index in [0.29, 0.717) is 32.1 Å². The molecule has 9 N–H and O–H groups in total. The van der Waals surface area contributed by atoms with E-state index in [1.807, 2.05) is 20.8 Å². The first kappa shape index (κ1) is 41.1. The summed E-state index contributed by atoms with van der Waals surface area (Å²) >= 11 is 0. The summed E-state index contributed by atoms with van der Waals surface area (Å²) < 4.78 is 29.5. The van der Waals surface area contributed by atoms with E-state index in [9.17, 15) is 46.0 Å². The highest BCUT2D eigenvalue weighted by Crippen LogP contribution is 2.70. The molecule has 0 bridgehead atoms. The van der Waals surface area contributed by atoms with Crippen LogP contribution >= 0.6 is 0 Å². The van der Waals surface area contributed by atoms with E-state index in [-0.39, 0.29) is 49.2 Å². The van der Waals surface area contributed by atoms with Gasteiger partial charge in [-0.1, -0.05) is 34.6 Å². The van der Waals surface area contributed by atoms with Crippen LogP contribution in [0, 0.1) is 40.4 Å². The maximum atomic E-state index is 12.6. The van der Waals surface area contributed by atoms with Crippen LogP contribution in [0.1, 0.15) is 92.4 Å². The topological polar surface area (TPSA) is 228 Å². The second-order valence-electron chi connectivity index (χ2n) is 18.2. The number of methoxy groups -OCH3 is 1. The zero-order chi connectivity index (χ0) is 38.1. The van der Waals surface area contributed by atoms with Crippen LogP contribution in [0.4, 0.5) is 0 Å². The van der Waals surface area contributed by atoms with Gasteiger partial charge in [-0.05, 0) is 74.0 Å². The van der Waals surface area contributed by atoms with Crippen molar-refractivity contribution in [2.75, 3.05) is 20.3 Å². The predicted octanol–water partition coefficient (Wildman–Crippen LogP) is 0.192. The second kappa shape index (κ2) is 15.1. The molecule has 0 aromatic rings. The van der Waals surface area contributed by atoms with E-state index in [4.69, 9.17) is 23.7 Å². The van der Waals surface area contributed by atoms with Crippen molar-refractivity contribution in [2.45, 2.75) is 177 Å². The first-order valence-corrected chi connectivity index (χ1v) is 19.6. The number of aliphatic hydroxyl groups excluding tert-OH is 7. The number of rotatable bonds is 11. The Labute approximate surface area is 307 Å². The lowest BCUT2D eigenvalue weighted by Gasteiger charge is -2.68. The minimum atomic E-state index is -1.50. The van der Waals surface area contributed by atoms with E-state index in [1.165, 1.54) is 7.11 Å². The fraction of sp³-hybridized carbons (Fsp3) is 1.00. The molecule has 0 unspecified atom stereocenters. The third-order valence-corrected chi connectivity index (χ3v) is 15.0. The third-order valence-electron chi connectivity index (χ3n) is 15.0. The molecule has 6 rings (SSSR count). The lowest BCUT2D eigenvalue weighted by atomic mass is 9.40. The van der Waals surface area contributed by atoms with Crippen LogP contribution in [-0.4, -0.2) is 151 Å². The van der Waals surface area contributed by atoms with Gasteiger partial charge in [-0.2, -0.15) is 0 Å². The Morgan fingerprint density at radius 1 is 0.846 bits per heavy atom. The maximum Gasteiger partial charge on any atom is 0.187 e. The molecule has 0 spiro atoms. The molecule has 2 saturated heterocycles. The van der Waals surface area contributed by atoms with Gasteiger partial charge in [-0.3, -0.25) is 0 Å². The van der Waals surface area contributed by atoms with Crippen LogP contribution in [0.2, 0.25) is 0 Å². The van der Waals surface area contributed by atoms with Gasteiger partial charge in [0.25, 0.3) is 0 Å². The number of aliphatic hydroxyl groups is 9. The fourth-order valence-corrected chi connectivity index (χ4v) is 12.1. The Kier molecular flexibility index (Phi) is 11.9. The molecule has 6 aliphatic rings. The molecule has 2 heterocycles. The average Bonchev–Trinajstić information content (AvgIpc) is 3.53. The summed E-state index contributed by atoms with van der Waals surface area (Å²) in [5, 5.41) is 99.6. The van der Waals surface area contributed by atoms with Crippen molar-refractivity contribution in [1.82, 2.24) is 0 Å². The monoisotopic (exact) mass is 746 g/mol. The first-order valence-electron chi connectivity index (χ1n) is 19.6. The number of ether oxygens (including phenoxy) is 5. The molecule has 4 saturated carbocycles. The van der Waals surface area contributed by atoms with E-state index in [0.717, 1.165) is 12.8 Å². The second-order valence-corrected chi connectivity index (χ2v) is 18.2. The largest absolute Gasteiger partial charge is 0.394 e. The van der Waals surface area contributed by atoms with Gasteiger partial charge in [0, 0.05) is 31.3 Å². The van der Waals surface area contributed by atoms with Crippen LogP contribution in [0.15, 0.2) is 0 Å². The van der Waals surface area contributed by atoms with Gasteiger partial charge in [0.2, 0.25) is 0 Å². The summed E-state index contributed by atoms with van der Waals surface area (Å²) in [4.78, 5) is 0. The molecule has 0 amide bonds. The molecule has 0 aromatic heterocycles. The SMILES string of the molecule is CO[C@H]1[C@H](O[C@@H]2[C@@H](O[C@@H](CC[C@@H](C)[C@H]3C[C@H](O)[C@@H]4[C@]3(C)CC[C@H]3[C@@]4(O)C[C@@H](O)[C@@]4(O)C[C@@H](O)CC[C@]34C)C(C)C)O[C@H](CO)[C@H]2O)OC[C@@H](O)[C@@H]1O. The normalized spacial score (nSPS) is 53.3. The van der Waals surface area contributed by atoms with Crippen molar-refractivity contribution in [3.8, 4) is 0 Å². The van der Waals surface area contributed by atoms with Crippen molar-refractivity contribution < 1.29 is 69.6 Å². The molecule has 6 fully saturated rings. The molecule has 4 aliphatic carbocycles.